The quantitative estimate of drug-likeness (QED) is 0.363. The van der Waals surface area contributed by atoms with Gasteiger partial charge in [0.2, 0.25) is 5.91 Å². The van der Waals surface area contributed by atoms with Gasteiger partial charge in [-0.1, -0.05) is 24.6 Å². The van der Waals surface area contributed by atoms with Crippen molar-refractivity contribution in [1.29, 1.82) is 0 Å². The van der Waals surface area contributed by atoms with Crippen molar-refractivity contribution in [2.24, 2.45) is 5.84 Å². The fourth-order valence-electron chi connectivity index (χ4n) is 2.28. The fourth-order valence-corrected chi connectivity index (χ4v) is 2.28. The monoisotopic (exact) mass is 273 g/mol. The molecule has 1 aromatic carbocycles. The van der Waals surface area contributed by atoms with Crippen LogP contribution in [0.3, 0.4) is 0 Å². The zero-order chi connectivity index (χ0) is 14.4. The van der Waals surface area contributed by atoms with Gasteiger partial charge >= 0.3 is 0 Å². The molecule has 0 radical (unpaired) electrons. The molecule has 0 spiro atoms. The van der Waals surface area contributed by atoms with Crippen molar-refractivity contribution in [2.45, 2.75) is 32.2 Å². The summed E-state index contributed by atoms with van der Waals surface area (Å²) in [5.74, 6) is 4.87. The molecule has 0 aliphatic carbocycles. The summed E-state index contributed by atoms with van der Waals surface area (Å²) in [5, 5.41) is 1.06. The van der Waals surface area contributed by atoms with Crippen LogP contribution >= 0.6 is 0 Å². The minimum atomic E-state index is -0.146. The minimum absolute atomic E-state index is 0.0170. The number of nitrogens with two attached hydrogens (primary N) is 1. The third-order valence-corrected chi connectivity index (χ3v) is 3.35. The molecule has 2 rings (SSSR count). The van der Waals surface area contributed by atoms with Crippen LogP contribution in [0.5, 0.6) is 0 Å². The molecule has 1 heterocycles. The molecule has 0 saturated carbocycles. The van der Waals surface area contributed by atoms with Gasteiger partial charge in [-0.25, -0.2) is 5.84 Å². The van der Waals surface area contributed by atoms with E-state index in [-0.39, 0.29) is 11.5 Å². The van der Waals surface area contributed by atoms with Gasteiger partial charge in [0.15, 0.2) is 0 Å². The maximum atomic E-state index is 11.9. The SMILES string of the molecule is NNC(=O)CCCCCn1c(=O)ccc2ccccc21. The van der Waals surface area contributed by atoms with Crippen LogP contribution in [0.1, 0.15) is 25.7 Å². The van der Waals surface area contributed by atoms with Crippen molar-refractivity contribution in [3.63, 3.8) is 0 Å². The number of hydrogen-bond donors (Lipinski definition) is 2. The van der Waals surface area contributed by atoms with Gasteiger partial charge < -0.3 is 4.57 Å². The molecular formula is C15H19N3O2. The predicted octanol–water partition coefficient (Wildman–Crippen LogP) is 1.55. The van der Waals surface area contributed by atoms with Crippen LogP contribution in [0.4, 0.5) is 0 Å². The third-order valence-electron chi connectivity index (χ3n) is 3.35. The summed E-state index contributed by atoms with van der Waals surface area (Å²) >= 11 is 0. The van der Waals surface area contributed by atoms with Crippen LogP contribution in [-0.4, -0.2) is 10.5 Å². The van der Waals surface area contributed by atoms with E-state index in [4.69, 9.17) is 5.84 Å². The molecule has 1 aromatic heterocycles. The molecule has 0 unspecified atom stereocenters. The lowest BCUT2D eigenvalue weighted by molar-refractivity contribution is -0.121. The summed E-state index contributed by atoms with van der Waals surface area (Å²) in [7, 11) is 0. The van der Waals surface area contributed by atoms with Gasteiger partial charge in [0.05, 0.1) is 5.52 Å². The Balaban J connectivity index is 1.98. The number of amides is 1. The highest BCUT2D eigenvalue weighted by atomic mass is 16.2. The number of benzene rings is 1. The number of unbranched alkanes of at least 4 members (excludes halogenated alkanes) is 2. The predicted molar refractivity (Wildman–Crippen MR) is 79.0 cm³/mol. The molecule has 0 saturated heterocycles. The molecule has 20 heavy (non-hydrogen) atoms. The maximum absolute atomic E-state index is 11.9. The standard InChI is InChI=1S/C15H19N3O2/c16-17-14(19)8-2-1-5-11-18-13-7-4-3-6-12(13)9-10-15(18)20/h3-4,6-7,9-10H,1-2,5,8,11,16H2,(H,17,19). The number of pyridine rings is 1. The first kappa shape index (κ1) is 14.3. The zero-order valence-electron chi connectivity index (χ0n) is 11.3. The molecule has 5 heteroatoms. The second-order valence-electron chi connectivity index (χ2n) is 4.76. The number of fused-ring (bicyclic) bond motifs is 1. The van der Waals surface area contributed by atoms with E-state index < -0.39 is 0 Å². The second kappa shape index (κ2) is 6.86. The van der Waals surface area contributed by atoms with Crippen molar-refractivity contribution in [2.75, 3.05) is 0 Å². The third kappa shape index (κ3) is 3.45. The fraction of sp³-hybridized carbons (Fsp3) is 0.333. The van der Waals surface area contributed by atoms with Crippen LogP contribution in [0.15, 0.2) is 41.2 Å². The second-order valence-corrected chi connectivity index (χ2v) is 4.76. The van der Waals surface area contributed by atoms with Gasteiger partial charge in [-0.3, -0.25) is 15.0 Å². The number of rotatable bonds is 6. The maximum Gasteiger partial charge on any atom is 0.251 e. The first-order valence-electron chi connectivity index (χ1n) is 6.80. The lowest BCUT2D eigenvalue weighted by Gasteiger charge is -2.09. The first-order valence-corrected chi connectivity index (χ1v) is 6.80. The van der Waals surface area contributed by atoms with E-state index >= 15 is 0 Å². The first-order chi connectivity index (χ1) is 9.72. The van der Waals surface area contributed by atoms with Crippen LogP contribution in [-0.2, 0) is 11.3 Å². The van der Waals surface area contributed by atoms with Crippen molar-refractivity contribution >= 4 is 16.8 Å². The topological polar surface area (TPSA) is 77.1 Å². The normalized spacial score (nSPS) is 10.7. The molecule has 106 valence electrons. The molecular weight excluding hydrogens is 254 g/mol. The average Bonchev–Trinajstić information content (AvgIpc) is 2.48. The van der Waals surface area contributed by atoms with Crippen LogP contribution in [0, 0.1) is 0 Å². The van der Waals surface area contributed by atoms with Crippen molar-refractivity contribution in [3.05, 3.63) is 46.8 Å². The van der Waals surface area contributed by atoms with Crippen LogP contribution in [0.2, 0.25) is 0 Å². The summed E-state index contributed by atoms with van der Waals surface area (Å²) in [6.45, 7) is 0.671. The molecule has 0 aliphatic rings. The number of aryl methyl sites for hydroxylation is 1. The summed E-state index contributed by atoms with van der Waals surface area (Å²) in [4.78, 5) is 22.9. The van der Waals surface area contributed by atoms with E-state index in [9.17, 15) is 9.59 Å². The van der Waals surface area contributed by atoms with E-state index in [0.717, 1.165) is 30.2 Å². The average molecular weight is 273 g/mol. The van der Waals surface area contributed by atoms with Crippen molar-refractivity contribution in [1.82, 2.24) is 9.99 Å². The molecule has 5 nitrogen and oxygen atoms in total. The number of hydrazine groups is 1. The van der Waals surface area contributed by atoms with Gasteiger partial charge in [-0.2, -0.15) is 0 Å². The molecule has 0 atom stereocenters. The van der Waals surface area contributed by atoms with E-state index in [1.165, 1.54) is 0 Å². The van der Waals surface area contributed by atoms with E-state index in [1.807, 2.05) is 30.3 Å². The van der Waals surface area contributed by atoms with Crippen LogP contribution < -0.4 is 16.8 Å². The smallest absolute Gasteiger partial charge is 0.251 e. The summed E-state index contributed by atoms with van der Waals surface area (Å²) < 4.78 is 1.79. The number of aromatic nitrogens is 1. The highest BCUT2D eigenvalue weighted by Crippen LogP contribution is 2.12. The highest BCUT2D eigenvalue weighted by Gasteiger charge is 2.03. The van der Waals surface area contributed by atoms with E-state index in [2.05, 4.69) is 5.43 Å². The lowest BCUT2D eigenvalue weighted by Crippen LogP contribution is -2.29. The molecule has 0 bridgehead atoms. The molecule has 1 amide bonds. The van der Waals surface area contributed by atoms with Crippen LogP contribution in [0.25, 0.3) is 10.9 Å². The van der Waals surface area contributed by atoms with Gasteiger partial charge in [0.25, 0.3) is 5.56 Å². The number of carbonyl (C=O) groups is 1. The van der Waals surface area contributed by atoms with E-state index in [1.54, 1.807) is 10.6 Å². The Bertz CT molecular complexity index is 649. The lowest BCUT2D eigenvalue weighted by atomic mass is 10.1. The molecule has 2 aromatic rings. The summed E-state index contributed by atoms with van der Waals surface area (Å²) in [5.41, 5.74) is 3.09. The molecule has 3 N–H and O–H groups in total. The Morgan fingerprint density at radius 2 is 1.90 bits per heavy atom. The van der Waals surface area contributed by atoms with E-state index in [0.29, 0.717) is 13.0 Å². The Kier molecular flexibility index (Phi) is 4.90. The van der Waals surface area contributed by atoms with Gasteiger partial charge in [-0.15, -0.1) is 0 Å². The Labute approximate surface area is 117 Å². The Morgan fingerprint density at radius 1 is 1.10 bits per heavy atom. The number of carbonyl (C=O) groups excluding carboxylic acids is 1. The number of para-hydroxylation sites is 1. The molecule has 0 fully saturated rings. The van der Waals surface area contributed by atoms with Crippen molar-refractivity contribution < 1.29 is 4.79 Å². The Hall–Kier alpha value is -2.14. The Morgan fingerprint density at radius 3 is 2.70 bits per heavy atom. The summed E-state index contributed by atoms with van der Waals surface area (Å²) in [6.07, 6.45) is 2.97. The summed E-state index contributed by atoms with van der Waals surface area (Å²) in [6, 6.07) is 11.3. The van der Waals surface area contributed by atoms with Gasteiger partial charge in [0.1, 0.15) is 0 Å². The number of nitrogens with zero attached hydrogens (tertiary/aromatic N) is 1. The number of nitrogens with one attached hydrogen (secondary N) is 1. The minimum Gasteiger partial charge on any atom is -0.308 e. The number of hydrogen-bond acceptors (Lipinski definition) is 3. The van der Waals surface area contributed by atoms with Gasteiger partial charge in [-0.05, 0) is 30.4 Å². The van der Waals surface area contributed by atoms with Gasteiger partial charge in [0, 0.05) is 19.0 Å². The highest BCUT2D eigenvalue weighted by molar-refractivity contribution is 5.78. The molecule has 0 aliphatic heterocycles. The van der Waals surface area contributed by atoms with Crippen molar-refractivity contribution in [3.8, 4) is 0 Å². The zero-order valence-corrected chi connectivity index (χ0v) is 11.3. The largest absolute Gasteiger partial charge is 0.308 e.